The van der Waals surface area contributed by atoms with Gasteiger partial charge in [-0.2, -0.15) is 0 Å². The minimum absolute atomic E-state index is 0.0715. The minimum atomic E-state index is -0.985. The molecule has 2 heterocycles. The topological polar surface area (TPSA) is 111 Å². The zero-order valence-electron chi connectivity index (χ0n) is 16.6. The number of hydrogen-bond donors (Lipinski definition) is 5. The lowest BCUT2D eigenvalue weighted by atomic mass is 9.95. The van der Waals surface area contributed by atoms with E-state index in [1.165, 1.54) is 36.4 Å². The van der Waals surface area contributed by atoms with Crippen LogP contribution in [0.5, 0.6) is 11.5 Å². The van der Waals surface area contributed by atoms with Crippen molar-refractivity contribution in [1.29, 1.82) is 0 Å². The average molecular weight is 437 g/mol. The molecule has 4 rings (SSSR count). The van der Waals surface area contributed by atoms with E-state index in [9.17, 15) is 29.2 Å². The molecule has 0 saturated carbocycles. The highest BCUT2D eigenvalue weighted by molar-refractivity contribution is 5.38. The van der Waals surface area contributed by atoms with Crippen molar-refractivity contribution in [1.82, 2.24) is 5.32 Å². The number of ether oxygens (including phenoxy) is 2. The van der Waals surface area contributed by atoms with Crippen molar-refractivity contribution in [3.8, 4) is 11.5 Å². The zero-order chi connectivity index (χ0) is 22.1. The van der Waals surface area contributed by atoms with E-state index in [-0.39, 0.29) is 25.9 Å². The van der Waals surface area contributed by atoms with E-state index in [1.807, 2.05) is 0 Å². The quantitative estimate of drug-likeness (QED) is 0.464. The summed E-state index contributed by atoms with van der Waals surface area (Å²) in [6, 6.07) is 7.70. The van der Waals surface area contributed by atoms with Gasteiger partial charge < -0.3 is 35.2 Å². The van der Waals surface area contributed by atoms with Gasteiger partial charge in [0.05, 0.1) is 12.2 Å². The molecular formula is C22H25F2NO6. The largest absolute Gasteiger partial charge is 0.487 e. The fraction of sp³-hybridized carbons (Fsp3) is 0.455. The summed E-state index contributed by atoms with van der Waals surface area (Å²) in [6.45, 7) is 0.143. The van der Waals surface area contributed by atoms with Crippen molar-refractivity contribution in [2.75, 3.05) is 13.1 Å². The molecule has 2 aromatic rings. The maximum absolute atomic E-state index is 13.4. The lowest BCUT2D eigenvalue weighted by Crippen LogP contribution is -2.47. The van der Waals surface area contributed by atoms with Crippen LogP contribution in [-0.4, -0.2) is 57.9 Å². The van der Waals surface area contributed by atoms with E-state index in [0.29, 0.717) is 22.6 Å². The number of hydrogen-bond acceptors (Lipinski definition) is 7. The predicted molar refractivity (Wildman–Crippen MR) is 106 cm³/mol. The Morgan fingerprint density at radius 2 is 1.23 bits per heavy atom. The van der Waals surface area contributed by atoms with Crippen LogP contribution in [0.3, 0.4) is 0 Å². The first-order valence-electron chi connectivity index (χ1n) is 10.2. The number of fused-ring (bicyclic) bond motifs is 2. The summed E-state index contributed by atoms with van der Waals surface area (Å²) in [5, 5.41) is 44.3. The molecule has 168 valence electrons. The third-order valence-corrected chi connectivity index (χ3v) is 5.69. The first-order valence-corrected chi connectivity index (χ1v) is 10.2. The van der Waals surface area contributed by atoms with Crippen LogP contribution in [0, 0.1) is 11.6 Å². The third kappa shape index (κ3) is 4.81. The number of aliphatic hydroxyl groups excluding tert-OH is 4. The van der Waals surface area contributed by atoms with E-state index in [4.69, 9.17) is 9.47 Å². The van der Waals surface area contributed by atoms with Gasteiger partial charge in [-0.1, -0.05) is 0 Å². The molecule has 0 bridgehead atoms. The van der Waals surface area contributed by atoms with E-state index < -0.39 is 48.3 Å². The number of halogens is 2. The minimum Gasteiger partial charge on any atom is -0.487 e. The van der Waals surface area contributed by atoms with Gasteiger partial charge in [-0.15, -0.1) is 0 Å². The van der Waals surface area contributed by atoms with Crippen molar-refractivity contribution in [2.24, 2.45) is 0 Å². The van der Waals surface area contributed by atoms with Gasteiger partial charge in [-0.3, -0.25) is 0 Å². The van der Waals surface area contributed by atoms with Crippen molar-refractivity contribution in [3.05, 3.63) is 59.2 Å². The lowest BCUT2D eigenvalue weighted by molar-refractivity contribution is -0.0247. The molecule has 0 saturated heterocycles. The Kier molecular flexibility index (Phi) is 6.40. The van der Waals surface area contributed by atoms with Crippen LogP contribution in [0.2, 0.25) is 0 Å². The molecule has 0 fully saturated rings. The van der Waals surface area contributed by atoms with E-state index in [0.717, 1.165) is 0 Å². The standard InChI is InChI=1S/C22H25F2NO6/c23-11-1-3-19-13(5-11)15(26)7-21(30-19)17(28)9-25-10-18(29)22-8-16(27)14-6-12(24)2-4-20(14)31-22/h1-6,15-18,21-22,25-29H,7-10H2/t15?,16?,17-,18?,21+,22-/m1/s1. The SMILES string of the molecule is OC1C[C@@H]([C@H](O)CNCC(O)[C@H]2CC(O)c3cc(F)ccc3O2)Oc2ccc(F)cc21. The second kappa shape index (κ2) is 9.05. The lowest BCUT2D eigenvalue weighted by Gasteiger charge is -2.34. The van der Waals surface area contributed by atoms with Crippen LogP contribution < -0.4 is 14.8 Å². The van der Waals surface area contributed by atoms with Gasteiger partial charge in [-0.25, -0.2) is 8.78 Å². The summed E-state index contributed by atoms with van der Waals surface area (Å²) in [5.74, 6) is -0.300. The summed E-state index contributed by atoms with van der Waals surface area (Å²) in [6.07, 6.45) is -5.07. The Morgan fingerprint density at radius 1 is 0.806 bits per heavy atom. The van der Waals surface area contributed by atoms with Gasteiger partial charge in [0.2, 0.25) is 0 Å². The molecule has 2 aliphatic heterocycles. The van der Waals surface area contributed by atoms with Gasteiger partial charge in [0.1, 0.15) is 47.5 Å². The fourth-order valence-corrected chi connectivity index (χ4v) is 4.00. The first kappa shape index (κ1) is 21.9. The number of aliphatic hydroxyl groups is 4. The molecular weight excluding hydrogens is 412 g/mol. The van der Waals surface area contributed by atoms with Crippen LogP contribution in [0.4, 0.5) is 8.78 Å². The van der Waals surface area contributed by atoms with Crippen molar-refractivity contribution < 1.29 is 38.7 Å². The summed E-state index contributed by atoms with van der Waals surface area (Å²) < 4.78 is 38.1. The summed E-state index contributed by atoms with van der Waals surface area (Å²) in [7, 11) is 0. The molecule has 3 unspecified atom stereocenters. The Morgan fingerprint density at radius 3 is 1.65 bits per heavy atom. The van der Waals surface area contributed by atoms with Gasteiger partial charge in [0.15, 0.2) is 0 Å². The Hall–Kier alpha value is -2.30. The molecule has 0 aliphatic carbocycles. The van der Waals surface area contributed by atoms with E-state index in [2.05, 4.69) is 5.32 Å². The fourth-order valence-electron chi connectivity index (χ4n) is 4.00. The molecule has 5 N–H and O–H groups in total. The number of rotatable bonds is 6. The zero-order valence-corrected chi connectivity index (χ0v) is 16.6. The molecule has 6 atom stereocenters. The van der Waals surface area contributed by atoms with Gasteiger partial charge in [0.25, 0.3) is 0 Å². The monoisotopic (exact) mass is 437 g/mol. The number of nitrogens with one attached hydrogen (secondary N) is 1. The molecule has 0 spiro atoms. The van der Waals surface area contributed by atoms with Crippen molar-refractivity contribution in [2.45, 2.75) is 49.5 Å². The molecule has 0 aromatic heterocycles. The molecule has 2 aliphatic rings. The molecule has 9 heteroatoms. The second-order valence-corrected chi connectivity index (χ2v) is 7.97. The highest BCUT2D eigenvalue weighted by atomic mass is 19.1. The molecule has 7 nitrogen and oxygen atoms in total. The second-order valence-electron chi connectivity index (χ2n) is 7.97. The van der Waals surface area contributed by atoms with E-state index in [1.54, 1.807) is 0 Å². The smallest absolute Gasteiger partial charge is 0.129 e. The maximum atomic E-state index is 13.4. The summed E-state index contributed by atoms with van der Waals surface area (Å²) in [4.78, 5) is 0. The first-order chi connectivity index (χ1) is 14.8. The van der Waals surface area contributed by atoms with E-state index >= 15 is 0 Å². The molecule has 31 heavy (non-hydrogen) atoms. The maximum Gasteiger partial charge on any atom is 0.129 e. The van der Waals surface area contributed by atoms with Crippen LogP contribution in [0.1, 0.15) is 36.2 Å². The van der Waals surface area contributed by atoms with Crippen LogP contribution >= 0.6 is 0 Å². The average Bonchev–Trinajstić information content (AvgIpc) is 2.74. The molecule has 2 aromatic carbocycles. The van der Waals surface area contributed by atoms with Crippen molar-refractivity contribution in [3.63, 3.8) is 0 Å². The highest BCUT2D eigenvalue weighted by Gasteiger charge is 2.34. The van der Waals surface area contributed by atoms with Gasteiger partial charge >= 0.3 is 0 Å². The van der Waals surface area contributed by atoms with Gasteiger partial charge in [0, 0.05) is 37.1 Å². The summed E-state index contributed by atoms with van der Waals surface area (Å²) >= 11 is 0. The van der Waals surface area contributed by atoms with Crippen LogP contribution in [0.15, 0.2) is 36.4 Å². The highest BCUT2D eigenvalue weighted by Crippen LogP contribution is 2.37. The molecule has 0 radical (unpaired) electrons. The third-order valence-electron chi connectivity index (χ3n) is 5.69. The number of benzene rings is 2. The van der Waals surface area contributed by atoms with Gasteiger partial charge in [-0.05, 0) is 36.4 Å². The normalized spacial score (nSPS) is 26.8. The molecule has 0 amide bonds. The Labute approximate surface area is 177 Å². The Bertz CT molecular complexity index is 855. The van der Waals surface area contributed by atoms with Crippen molar-refractivity contribution >= 4 is 0 Å². The van der Waals surface area contributed by atoms with Crippen LogP contribution in [-0.2, 0) is 0 Å². The summed E-state index contributed by atoms with van der Waals surface area (Å²) in [5.41, 5.74) is 0.694. The predicted octanol–water partition coefficient (Wildman–Crippen LogP) is 1.35. The Balaban J connectivity index is 1.28. The van der Waals surface area contributed by atoms with Crippen LogP contribution in [0.25, 0.3) is 0 Å².